The third kappa shape index (κ3) is 4.27. The molecule has 0 unspecified atom stereocenters. The number of ketones is 1. The molecule has 3 rings (SSSR count). The van der Waals surface area contributed by atoms with Crippen LogP contribution >= 0.6 is 0 Å². The van der Waals surface area contributed by atoms with Crippen molar-refractivity contribution in [1.82, 2.24) is 0 Å². The van der Waals surface area contributed by atoms with Crippen LogP contribution in [0.25, 0.3) is 0 Å². The van der Waals surface area contributed by atoms with Crippen LogP contribution in [-0.2, 0) is 22.4 Å². The van der Waals surface area contributed by atoms with Gasteiger partial charge in [-0.25, -0.2) is 4.79 Å². The molecule has 130 valence electrons. The largest absolute Gasteiger partial charge is 0.482 e. The minimum absolute atomic E-state index is 0.185. The smallest absolute Gasteiger partial charge is 0.344 e. The highest BCUT2D eigenvalue weighted by Gasteiger charge is 2.15. The van der Waals surface area contributed by atoms with Crippen LogP contribution in [-0.4, -0.2) is 25.0 Å². The fraction of sp³-hybridized carbons (Fsp3) is 0.333. The van der Waals surface area contributed by atoms with Gasteiger partial charge in [-0.1, -0.05) is 24.3 Å². The molecule has 4 heteroatoms. The van der Waals surface area contributed by atoms with E-state index in [4.69, 9.17) is 9.47 Å². The number of rotatable bonds is 6. The van der Waals surface area contributed by atoms with Gasteiger partial charge in [0.15, 0.2) is 19.0 Å². The first kappa shape index (κ1) is 17.2. The van der Waals surface area contributed by atoms with E-state index >= 15 is 0 Å². The molecular formula is C21H22O4. The Morgan fingerprint density at radius 1 is 0.960 bits per heavy atom. The summed E-state index contributed by atoms with van der Waals surface area (Å²) in [5, 5.41) is 0. The first-order valence-electron chi connectivity index (χ1n) is 8.53. The fourth-order valence-electron chi connectivity index (χ4n) is 3.02. The molecule has 0 spiro atoms. The van der Waals surface area contributed by atoms with Gasteiger partial charge in [-0.05, 0) is 67.5 Å². The summed E-state index contributed by atoms with van der Waals surface area (Å²) < 4.78 is 10.5. The average Bonchev–Trinajstić information content (AvgIpc) is 3.08. The zero-order chi connectivity index (χ0) is 17.8. The SMILES string of the molecule is Cc1ccc(C)c(OCC(=O)OCC(=O)c2ccc3c(c2)CCC3)c1. The summed E-state index contributed by atoms with van der Waals surface area (Å²) in [6.45, 7) is 3.41. The minimum Gasteiger partial charge on any atom is -0.482 e. The molecular weight excluding hydrogens is 316 g/mol. The molecule has 0 aromatic heterocycles. The van der Waals surface area contributed by atoms with Crippen LogP contribution in [0.2, 0.25) is 0 Å². The van der Waals surface area contributed by atoms with Crippen molar-refractivity contribution in [3.63, 3.8) is 0 Å². The van der Waals surface area contributed by atoms with E-state index in [1.54, 1.807) is 0 Å². The highest BCUT2D eigenvalue weighted by atomic mass is 16.6. The Kier molecular flexibility index (Phi) is 5.17. The van der Waals surface area contributed by atoms with Crippen LogP contribution in [0.3, 0.4) is 0 Å². The summed E-state index contributed by atoms with van der Waals surface area (Å²) in [6, 6.07) is 11.5. The Labute approximate surface area is 147 Å². The van der Waals surface area contributed by atoms with Gasteiger partial charge in [-0.2, -0.15) is 0 Å². The van der Waals surface area contributed by atoms with E-state index in [9.17, 15) is 9.59 Å². The third-order valence-electron chi connectivity index (χ3n) is 4.47. The molecule has 0 amide bonds. The molecule has 1 aliphatic rings. The topological polar surface area (TPSA) is 52.6 Å². The highest BCUT2D eigenvalue weighted by Crippen LogP contribution is 2.23. The lowest BCUT2D eigenvalue weighted by Gasteiger charge is -2.10. The lowest BCUT2D eigenvalue weighted by Crippen LogP contribution is -2.19. The quantitative estimate of drug-likeness (QED) is 0.596. The van der Waals surface area contributed by atoms with Gasteiger partial charge in [0.1, 0.15) is 5.75 Å². The Hall–Kier alpha value is -2.62. The Morgan fingerprint density at radius 2 is 1.76 bits per heavy atom. The standard InChI is InChI=1S/C21H22O4/c1-14-6-7-15(2)20(10-14)24-13-21(23)25-12-19(22)18-9-8-16-4-3-5-17(16)11-18/h6-11H,3-5,12-13H2,1-2H3. The second-order valence-electron chi connectivity index (χ2n) is 6.48. The van der Waals surface area contributed by atoms with Crippen LogP contribution < -0.4 is 4.74 Å². The predicted molar refractivity (Wildman–Crippen MR) is 95.2 cm³/mol. The molecule has 0 saturated heterocycles. The first-order chi connectivity index (χ1) is 12.0. The maximum absolute atomic E-state index is 12.2. The van der Waals surface area contributed by atoms with E-state index in [-0.39, 0.29) is 19.0 Å². The molecule has 0 heterocycles. The number of carbonyl (C=O) groups is 2. The van der Waals surface area contributed by atoms with Crippen molar-refractivity contribution in [3.05, 3.63) is 64.2 Å². The number of carbonyl (C=O) groups excluding carboxylic acids is 2. The first-order valence-corrected chi connectivity index (χ1v) is 8.53. The lowest BCUT2D eigenvalue weighted by molar-refractivity contribution is -0.144. The van der Waals surface area contributed by atoms with E-state index in [0.717, 1.165) is 30.4 Å². The normalized spacial score (nSPS) is 12.6. The average molecular weight is 338 g/mol. The summed E-state index contributed by atoms with van der Waals surface area (Å²) in [5.74, 6) is -0.0768. The molecule has 2 aromatic carbocycles. The number of Topliss-reactive ketones (excluding diaryl/α,β-unsaturated/α-hetero) is 1. The number of aryl methyl sites for hydroxylation is 4. The van der Waals surface area contributed by atoms with Crippen molar-refractivity contribution in [2.45, 2.75) is 33.1 Å². The van der Waals surface area contributed by atoms with Gasteiger partial charge in [0.2, 0.25) is 0 Å². The Bertz CT molecular complexity index is 808. The van der Waals surface area contributed by atoms with Crippen molar-refractivity contribution in [2.24, 2.45) is 0 Å². The van der Waals surface area contributed by atoms with Crippen LogP contribution in [0, 0.1) is 13.8 Å². The van der Waals surface area contributed by atoms with E-state index in [0.29, 0.717) is 11.3 Å². The van der Waals surface area contributed by atoms with Crippen molar-refractivity contribution in [2.75, 3.05) is 13.2 Å². The summed E-state index contributed by atoms with van der Waals surface area (Å²) in [7, 11) is 0. The Morgan fingerprint density at radius 3 is 2.60 bits per heavy atom. The van der Waals surface area contributed by atoms with Crippen molar-refractivity contribution in [1.29, 1.82) is 0 Å². The molecule has 0 N–H and O–H groups in total. The third-order valence-corrected chi connectivity index (χ3v) is 4.47. The summed E-state index contributed by atoms with van der Waals surface area (Å²) in [5.41, 5.74) is 5.16. The van der Waals surface area contributed by atoms with Crippen molar-refractivity contribution < 1.29 is 19.1 Å². The van der Waals surface area contributed by atoms with Gasteiger partial charge in [0.05, 0.1) is 0 Å². The van der Waals surface area contributed by atoms with Crippen LogP contribution in [0.4, 0.5) is 0 Å². The maximum atomic E-state index is 12.2. The molecule has 0 fully saturated rings. The molecule has 0 aliphatic heterocycles. The summed E-state index contributed by atoms with van der Waals surface area (Å²) in [4.78, 5) is 24.0. The summed E-state index contributed by atoms with van der Waals surface area (Å²) in [6.07, 6.45) is 3.23. The molecule has 1 aliphatic carbocycles. The van der Waals surface area contributed by atoms with Gasteiger partial charge >= 0.3 is 5.97 Å². The van der Waals surface area contributed by atoms with Gasteiger partial charge < -0.3 is 9.47 Å². The molecule has 25 heavy (non-hydrogen) atoms. The highest BCUT2D eigenvalue weighted by molar-refractivity contribution is 5.98. The fourth-order valence-corrected chi connectivity index (χ4v) is 3.02. The van der Waals surface area contributed by atoms with Gasteiger partial charge in [0, 0.05) is 5.56 Å². The second kappa shape index (κ2) is 7.51. The molecule has 0 atom stereocenters. The van der Waals surface area contributed by atoms with Gasteiger partial charge in [0.25, 0.3) is 0 Å². The number of ether oxygens (including phenoxy) is 2. The monoisotopic (exact) mass is 338 g/mol. The lowest BCUT2D eigenvalue weighted by atomic mass is 10.0. The van der Waals surface area contributed by atoms with Crippen molar-refractivity contribution in [3.8, 4) is 5.75 Å². The molecule has 0 bridgehead atoms. The number of benzene rings is 2. The van der Waals surface area contributed by atoms with Crippen LogP contribution in [0.15, 0.2) is 36.4 Å². The number of esters is 1. The molecule has 0 saturated carbocycles. The number of hydrogen-bond donors (Lipinski definition) is 0. The number of hydrogen-bond acceptors (Lipinski definition) is 4. The summed E-state index contributed by atoms with van der Waals surface area (Å²) >= 11 is 0. The van der Waals surface area contributed by atoms with Gasteiger partial charge in [-0.3, -0.25) is 4.79 Å². The van der Waals surface area contributed by atoms with E-state index in [1.165, 1.54) is 11.1 Å². The van der Waals surface area contributed by atoms with E-state index in [2.05, 4.69) is 0 Å². The van der Waals surface area contributed by atoms with E-state index < -0.39 is 5.97 Å². The van der Waals surface area contributed by atoms with Crippen LogP contribution in [0.5, 0.6) is 5.75 Å². The maximum Gasteiger partial charge on any atom is 0.344 e. The van der Waals surface area contributed by atoms with Crippen LogP contribution in [0.1, 0.15) is 39.0 Å². The van der Waals surface area contributed by atoms with E-state index in [1.807, 2.05) is 50.2 Å². The predicted octanol–water partition coefficient (Wildman–Crippen LogP) is 3.60. The second-order valence-corrected chi connectivity index (χ2v) is 6.48. The molecule has 4 nitrogen and oxygen atoms in total. The minimum atomic E-state index is -0.546. The zero-order valence-electron chi connectivity index (χ0n) is 14.6. The van der Waals surface area contributed by atoms with Gasteiger partial charge in [-0.15, -0.1) is 0 Å². The zero-order valence-corrected chi connectivity index (χ0v) is 14.6. The Balaban J connectivity index is 1.50. The van der Waals surface area contributed by atoms with Crippen molar-refractivity contribution >= 4 is 11.8 Å². The molecule has 2 aromatic rings. The molecule has 0 radical (unpaired) electrons. The number of fused-ring (bicyclic) bond motifs is 1.